The minimum atomic E-state index is 0.722. The molecule has 0 saturated carbocycles. The largest absolute Gasteiger partial charge is 0.491 e. The Balaban J connectivity index is 1.77. The molecule has 1 aromatic rings. The van der Waals surface area contributed by atoms with Crippen LogP contribution in [-0.2, 0) is 0 Å². The number of hydrogen-bond donors (Lipinski definition) is 0. The van der Waals surface area contributed by atoms with Crippen molar-refractivity contribution in [2.45, 2.75) is 19.3 Å². The van der Waals surface area contributed by atoms with Crippen molar-refractivity contribution in [2.75, 3.05) is 26.2 Å². The minimum absolute atomic E-state index is 0.722. The third kappa shape index (κ3) is 4.16. The Morgan fingerprint density at radius 2 is 2.00 bits per heavy atom. The van der Waals surface area contributed by atoms with E-state index in [0.29, 0.717) is 0 Å². The zero-order valence-electron chi connectivity index (χ0n) is 9.79. The highest BCUT2D eigenvalue weighted by molar-refractivity contribution is 9.10. The summed E-state index contributed by atoms with van der Waals surface area (Å²) in [5.74, 6) is 0.867. The summed E-state index contributed by atoms with van der Waals surface area (Å²) in [7, 11) is 0. The molecule has 0 spiro atoms. The molecular weight excluding hydrogens is 302 g/mol. The lowest BCUT2D eigenvalue weighted by Gasteiger charge is -2.26. The summed E-state index contributed by atoms with van der Waals surface area (Å²) in [5, 5.41) is 0.722. The van der Waals surface area contributed by atoms with Crippen LogP contribution in [0.25, 0.3) is 0 Å². The fourth-order valence-corrected chi connectivity index (χ4v) is 2.86. The van der Waals surface area contributed by atoms with Crippen molar-refractivity contribution in [1.82, 2.24) is 4.90 Å². The molecule has 2 nitrogen and oxygen atoms in total. The molecule has 1 heterocycles. The third-order valence-corrected chi connectivity index (χ3v) is 3.86. The second-order valence-electron chi connectivity index (χ2n) is 4.33. The van der Waals surface area contributed by atoms with Gasteiger partial charge in [0.2, 0.25) is 0 Å². The molecule has 1 aliphatic heterocycles. The van der Waals surface area contributed by atoms with Gasteiger partial charge >= 0.3 is 0 Å². The average molecular weight is 319 g/mol. The Kier molecular flexibility index (Phi) is 5.14. The van der Waals surface area contributed by atoms with Crippen LogP contribution in [0.4, 0.5) is 0 Å². The van der Waals surface area contributed by atoms with Crippen LogP contribution in [0.1, 0.15) is 19.3 Å². The van der Waals surface area contributed by atoms with E-state index in [1.807, 2.05) is 18.2 Å². The monoisotopic (exact) mass is 317 g/mol. The summed E-state index contributed by atoms with van der Waals surface area (Å²) in [6.45, 7) is 4.17. The van der Waals surface area contributed by atoms with Gasteiger partial charge < -0.3 is 4.74 Å². The molecule has 0 unspecified atom stereocenters. The maximum Gasteiger partial charge on any atom is 0.133 e. The standard InChI is InChI=1S/C13H17BrClNO/c14-12-10-11(15)4-5-13(12)17-9-8-16-6-2-1-3-7-16/h4-5,10H,1-3,6-9H2. The summed E-state index contributed by atoms with van der Waals surface area (Å²) in [6.07, 6.45) is 4.02. The number of likely N-dealkylation sites (tertiary alicyclic amines) is 1. The number of rotatable bonds is 4. The second kappa shape index (κ2) is 6.62. The Morgan fingerprint density at radius 3 is 2.71 bits per heavy atom. The summed E-state index contributed by atoms with van der Waals surface area (Å²) < 4.78 is 6.67. The molecule has 0 aliphatic carbocycles. The van der Waals surface area contributed by atoms with Crippen LogP contribution >= 0.6 is 27.5 Å². The first-order chi connectivity index (χ1) is 8.25. The molecule has 1 saturated heterocycles. The van der Waals surface area contributed by atoms with Gasteiger partial charge in [-0.2, -0.15) is 0 Å². The highest BCUT2D eigenvalue weighted by Crippen LogP contribution is 2.27. The van der Waals surface area contributed by atoms with Gasteiger partial charge in [0.15, 0.2) is 0 Å². The number of benzene rings is 1. The summed E-state index contributed by atoms with van der Waals surface area (Å²) in [5.41, 5.74) is 0. The molecule has 0 amide bonds. The molecule has 1 fully saturated rings. The zero-order chi connectivity index (χ0) is 12.1. The number of piperidine rings is 1. The first-order valence-corrected chi connectivity index (χ1v) is 7.23. The van der Waals surface area contributed by atoms with Crippen LogP contribution in [0.15, 0.2) is 22.7 Å². The smallest absolute Gasteiger partial charge is 0.133 e. The van der Waals surface area contributed by atoms with Crippen LogP contribution in [0.2, 0.25) is 5.02 Å². The molecule has 1 aliphatic rings. The molecule has 0 atom stereocenters. The fourth-order valence-electron chi connectivity index (χ4n) is 2.06. The van der Waals surface area contributed by atoms with E-state index in [1.54, 1.807) is 0 Å². The molecule has 0 N–H and O–H groups in total. The normalized spacial score (nSPS) is 17.1. The lowest BCUT2D eigenvalue weighted by atomic mass is 10.1. The van der Waals surface area contributed by atoms with E-state index in [0.717, 1.165) is 28.4 Å². The predicted molar refractivity (Wildman–Crippen MR) is 74.9 cm³/mol. The van der Waals surface area contributed by atoms with E-state index in [2.05, 4.69) is 20.8 Å². The highest BCUT2D eigenvalue weighted by atomic mass is 79.9. The number of hydrogen-bond acceptors (Lipinski definition) is 2. The lowest BCUT2D eigenvalue weighted by molar-refractivity contribution is 0.183. The molecule has 94 valence electrons. The van der Waals surface area contributed by atoms with Crippen molar-refractivity contribution in [3.8, 4) is 5.75 Å². The Labute approximate surface area is 116 Å². The highest BCUT2D eigenvalue weighted by Gasteiger charge is 2.10. The average Bonchev–Trinajstić information content (AvgIpc) is 2.33. The van der Waals surface area contributed by atoms with E-state index in [1.165, 1.54) is 32.4 Å². The Bertz CT molecular complexity index is 366. The Hall–Kier alpha value is -0.250. The third-order valence-electron chi connectivity index (χ3n) is 3.01. The first-order valence-electron chi connectivity index (χ1n) is 6.06. The van der Waals surface area contributed by atoms with Gasteiger partial charge in [-0.1, -0.05) is 18.0 Å². The van der Waals surface area contributed by atoms with Gasteiger partial charge in [-0.25, -0.2) is 0 Å². The fraction of sp³-hybridized carbons (Fsp3) is 0.538. The summed E-state index contributed by atoms with van der Waals surface area (Å²) in [4.78, 5) is 2.47. The molecule has 0 radical (unpaired) electrons. The maximum atomic E-state index is 5.88. The van der Waals surface area contributed by atoms with Crippen LogP contribution < -0.4 is 4.74 Å². The van der Waals surface area contributed by atoms with E-state index in [9.17, 15) is 0 Å². The van der Waals surface area contributed by atoms with Gasteiger partial charge in [0.25, 0.3) is 0 Å². The summed E-state index contributed by atoms with van der Waals surface area (Å²) >= 11 is 9.33. The number of nitrogens with zero attached hydrogens (tertiary/aromatic N) is 1. The minimum Gasteiger partial charge on any atom is -0.491 e. The van der Waals surface area contributed by atoms with E-state index in [-0.39, 0.29) is 0 Å². The van der Waals surface area contributed by atoms with Gasteiger partial charge in [0.1, 0.15) is 12.4 Å². The molecule has 4 heteroatoms. The summed E-state index contributed by atoms with van der Waals surface area (Å²) in [6, 6.07) is 5.61. The Morgan fingerprint density at radius 1 is 1.24 bits per heavy atom. The maximum absolute atomic E-state index is 5.88. The molecule has 17 heavy (non-hydrogen) atoms. The molecule has 0 aromatic heterocycles. The van der Waals surface area contributed by atoms with Crippen LogP contribution in [0.3, 0.4) is 0 Å². The van der Waals surface area contributed by atoms with E-state index in [4.69, 9.17) is 16.3 Å². The SMILES string of the molecule is Clc1ccc(OCCN2CCCCC2)c(Br)c1. The second-order valence-corrected chi connectivity index (χ2v) is 5.62. The first kappa shape index (κ1) is 13.2. The molecular formula is C13H17BrClNO. The lowest BCUT2D eigenvalue weighted by Crippen LogP contribution is -2.33. The van der Waals surface area contributed by atoms with Crippen molar-refractivity contribution >= 4 is 27.5 Å². The van der Waals surface area contributed by atoms with Gasteiger partial charge in [-0.15, -0.1) is 0 Å². The predicted octanol–water partition coefficient (Wildman–Crippen LogP) is 3.97. The van der Waals surface area contributed by atoms with Crippen LogP contribution in [-0.4, -0.2) is 31.1 Å². The van der Waals surface area contributed by atoms with Gasteiger partial charge in [0.05, 0.1) is 4.47 Å². The van der Waals surface area contributed by atoms with Crippen LogP contribution in [0.5, 0.6) is 5.75 Å². The van der Waals surface area contributed by atoms with Gasteiger partial charge in [0, 0.05) is 11.6 Å². The van der Waals surface area contributed by atoms with Crippen LogP contribution in [0, 0.1) is 0 Å². The molecule has 1 aromatic carbocycles. The van der Waals surface area contributed by atoms with Crippen molar-refractivity contribution < 1.29 is 4.74 Å². The number of ether oxygens (including phenoxy) is 1. The zero-order valence-corrected chi connectivity index (χ0v) is 12.1. The van der Waals surface area contributed by atoms with Crippen molar-refractivity contribution in [3.63, 3.8) is 0 Å². The van der Waals surface area contributed by atoms with Crippen molar-refractivity contribution in [2.24, 2.45) is 0 Å². The van der Waals surface area contributed by atoms with Crippen molar-refractivity contribution in [1.29, 1.82) is 0 Å². The van der Waals surface area contributed by atoms with E-state index >= 15 is 0 Å². The van der Waals surface area contributed by atoms with Gasteiger partial charge in [-0.3, -0.25) is 4.90 Å². The van der Waals surface area contributed by atoms with E-state index < -0.39 is 0 Å². The topological polar surface area (TPSA) is 12.5 Å². The molecule has 2 rings (SSSR count). The molecule has 0 bridgehead atoms. The number of halogens is 2. The van der Waals surface area contributed by atoms with Gasteiger partial charge in [-0.05, 0) is 60.1 Å². The quantitative estimate of drug-likeness (QED) is 0.833. The van der Waals surface area contributed by atoms with Crippen molar-refractivity contribution in [3.05, 3.63) is 27.7 Å².